The summed E-state index contributed by atoms with van der Waals surface area (Å²) in [6, 6.07) is 4.04. The number of nitrogens with one attached hydrogen (secondary N) is 1. The molecule has 1 amide bonds. The Morgan fingerprint density at radius 2 is 2.10 bits per heavy atom. The van der Waals surface area contributed by atoms with E-state index in [1.165, 1.54) is 13.2 Å². The quantitative estimate of drug-likeness (QED) is 0.806. The van der Waals surface area contributed by atoms with Crippen molar-refractivity contribution < 1.29 is 23.1 Å². The maximum Gasteiger partial charge on any atom is 0.328 e. The molecule has 1 rings (SSSR count). The summed E-state index contributed by atoms with van der Waals surface area (Å²) in [4.78, 5) is 23.2. The number of carbonyl (C=O) groups is 2. The van der Waals surface area contributed by atoms with Crippen LogP contribution in [0.3, 0.4) is 0 Å². The molecular weight excluding hydrogens is 282 g/mol. The average Bonchev–Trinajstić information content (AvgIpc) is 2.46. The normalized spacial score (nSPS) is 11.3. The van der Waals surface area contributed by atoms with Crippen LogP contribution in [0.25, 0.3) is 0 Å². The number of hydrogen-bond acceptors (Lipinski definition) is 4. The van der Waals surface area contributed by atoms with Gasteiger partial charge in [-0.15, -0.1) is 0 Å². The summed E-state index contributed by atoms with van der Waals surface area (Å²) in [5, 5.41) is 10.9. The van der Waals surface area contributed by atoms with Gasteiger partial charge in [-0.3, -0.25) is 4.79 Å². The van der Waals surface area contributed by atoms with E-state index < -0.39 is 29.6 Å². The molecule has 0 aliphatic heterocycles. The number of hydrogen-bond donors (Lipinski definition) is 1. The van der Waals surface area contributed by atoms with Gasteiger partial charge in [0.1, 0.15) is 6.04 Å². The van der Waals surface area contributed by atoms with Crippen molar-refractivity contribution in [2.45, 2.75) is 25.3 Å². The first-order valence-corrected chi connectivity index (χ1v) is 6.16. The molecule has 0 radical (unpaired) electrons. The first-order chi connectivity index (χ1) is 9.97. The second-order valence-corrected chi connectivity index (χ2v) is 4.27. The molecule has 0 unspecified atom stereocenters. The fourth-order valence-electron chi connectivity index (χ4n) is 1.68. The Balaban J connectivity index is 2.66. The molecule has 0 fully saturated rings. The van der Waals surface area contributed by atoms with Crippen LogP contribution >= 0.6 is 0 Å². The third kappa shape index (κ3) is 5.18. The molecular formula is C14H14F2N2O3. The standard InChI is InChI=1S/C14H14F2N2O3/c1-21-14(20)12(3-2-6-17)18-13(19)8-9-4-5-10(15)11(16)7-9/h4-5,7,12H,2-3,8H2,1H3,(H,18,19)/t12-/m0/s1. The molecule has 112 valence electrons. The smallest absolute Gasteiger partial charge is 0.328 e. The molecule has 0 heterocycles. The zero-order chi connectivity index (χ0) is 15.8. The predicted octanol–water partition coefficient (Wildman–Crippen LogP) is 1.47. The van der Waals surface area contributed by atoms with Crippen LogP contribution in [0.2, 0.25) is 0 Å². The Kier molecular flexibility index (Phi) is 6.27. The van der Waals surface area contributed by atoms with Gasteiger partial charge in [0.25, 0.3) is 0 Å². The highest BCUT2D eigenvalue weighted by molar-refractivity contribution is 5.85. The van der Waals surface area contributed by atoms with Crippen molar-refractivity contribution in [3.8, 4) is 6.07 Å². The first kappa shape index (κ1) is 16.6. The summed E-state index contributed by atoms with van der Waals surface area (Å²) in [6.07, 6.45) is -0.0187. The van der Waals surface area contributed by atoms with Crippen LogP contribution in [-0.2, 0) is 20.7 Å². The fourth-order valence-corrected chi connectivity index (χ4v) is 1.68. The molecule has 0 aromatic heterocycles. The molecule has 5 nitrogen and oxygen atoms in total. The van der Waals surface area contributed by atoms with Gasteiger partial charge in [0.15, 0.2) is 11.6 Å². The summed E-state index contributed by atoms with van der Waals surface area (Å²) in [5.41, 5.74) is 0.273. The number of nitriles is 1. The number of rotatable bonds is 6. The topological polar surface area (TPSA) is 79.2 Å². The van der Waals surface area contributed by atoms with Crippen molar-refractivity contribution in [1.82, 2.24) is 5.32 Å². The molecule has 1 N–H and O–H groups in total. The number of carbonyl (C=O) groups excluding carboxylic acids is 2. The van der Waals surface area contributed by atoms with Gasteiger partial charge in [0.05, 0.1) is 19.6 Å². The lowest BCUT2D eigenvalue weighted by Gasteiger charge is -2.15. The second-order valence-electron chi connectivity index (χ2n) is 4.27. The SMILES string of the molecule is COC(=O)[C@H](CCC#N)NC(=O)Cc1ccc(F)c(F)c1. The molecule has 0 saturated carbocycles. The number of amides is 1. The third-order valence-corrected chi connectivity index (χ3v) is 2.71. The van der Waals surface area contributed by atoms with Crippen molar-refractivity contribution in [2.75, 3.05) is 7.11 Å². The van der Waals surface area contributed by atoms with E-state index in [0.717, 1.165) is 12.1 Å². The summed E-state index contributed by atoms with van der Waals surface area (Å²) in [5.74, 6) is -3.26. The third-order valence-electron chi connectivity index (χ3n) is 2.71. The van der Waals surface area contributed by atoms with Gasteiger partial charge in [-0.05, 0) is 24.1 Å². The van der Waals surface area contributed by atoms with E-state index in [-0.39, 0.29) is 24.8 Å². The maximum absolute atomic E-state index is 13.0. The lowest BCUT2D eigenvalue weighted by molar-refractivity contribution is -0.145. The van der Waals surface area contributed by atoms with Crippen LogP contribution in [0.4, 0.5) is 8.78 Å². The highest BCUT2D eigenvalue weighted by Gasteiger charge is 2.21. The summed E-state index contributed by atoms with van der Waals surface area (Å²) < 4.78 is 30.3. The Bertz CT molecular complexity index is 570. The molecule has 21 heavy (non-hydrogen) atoms. The monoisotopic (exact) mass is 296 g/mol. The molecule has 1 atom stereocenters. The Morgan fingerprint density at radius 1 is 1.38 bits per heavy atom. The van der Waals surface area contributed by atoms with E-state index >= 15 is 0 Å². The number of nitrogens with zero attached hydrogens (tertiary/aromatic N) is 1. The van der Waals surface area contributed by atoms with Gasteiger partial charge in [-0.2, -0.15) is 5.26 Å². The van der Waals surface area contributed by atoms with Crippen molar-refractivity contribution in [3.63, 3.8) is 0 Å². The zero-order valence-electron chi connectivity index (χ0n) is 11.4. The molecule has 0 spiro atoms. The van der Waals surface area contributed by atoms with Crippen LogP contribution in [0.1, 0.15) is 18.4 Å². The van der Waals surface area contributed by atoms with Crippen LogP contribution in [0.15, 0.2) is 18.2 Å². The van der Waals surface area contributed by atoms with E-state index in [1.54, 1.807) is 0 Å². The largest absolute Gasteiger partial charge is 0.467 e. The number of methoxy groups -OCH3 is 1. The van der Waals surface area contributed by atoms with Gasteiger partial charge in [0, 0.05) is 6.42 Å². The average molecular weight is 296 g/mol. The van der Waals surface area contributed by atoms with Gasteiger partial charge >= 0.3 is 5.97 Å². The number of benzene rings is 1. The highest BCUT2D eigenvalue weighted by atomic mass is 19.2. The summed E-state index contributed by atoms with van der Waals surface area (Å²) >= 11 is 0. The minimum absolute atomic E-state index is 0.0746. The van der Waals surface area contributed by atoms with Crippen molar-refractivity contribution in [2.24, 2.45) is 0 Å². The van der Waals surface area contributed by atoms with Crippen LogP contribution in [0, 0.1) is 23.0 Å². The number of esters is 1. The van der Waals surface area contributed by atoms with E-state index in [0.29, 0.717) is 0 Å². The zero-order valence-corrected chi connectivity index (χ0v) is 11.4. The Labute approximate surface area is 120 Å². The summed E-state index contributed by atoms with van der Waals surface area (Å²) in [6.45, 7) is 0. The van der Waals surface area contributed by atoms with Crippen LogP contribution in [-0.4, -0.2) is 25.0 Å². The molecule has 1 aromatic carbocycles. The highest BCUT2D eigenvalue weighted by Crippen LogP contribution is 2.09. The Morgan fingerprint density at radius 3 is 2.67 bits per heavy atom. The van der Waals surface area contributed by atoms with Gasteiger partial charge in [-0.1, -0.05) is 6.07 Å². The van der Waals surface area contributed by atoms with Crippen molar-refractivity contribution >= 4 is 11.9 Å². The van der Waals surface area contributed by atoms with Crippen LogP contribution < -0.4 is 5.32 Å². The molecule has 1 aromatic rings. The fraction of sp³-hybridized carbons (Fsp3) is 0.357. The van der Waals surface area contributed by atoms with E-state index in [9.17, 15) is 18.4 Å². The molecule has 0 aliphatic rings. The molecule has 0 aliphatic carbocycles. The van der Waals surface area contributed by atoms with E-state index in [2.05, 4.69) is 10.1 Å². The van der Waals surface area contributed by atoms with Crippen molar-refractivity contribution in [3.05, 3.63) is 35.4 Å². The lowest BCUT2D eigenvalue weighted by Crippen LogP contribution is -2.42. The lowest BCUT2D eigenvalue weighted by atomic mass is 10.1. The predicted molar refractivity (Wildman–Crippen MR) is 68.9 cm³/mol. The van der Waals surface area contributed by atoms with Gasteiger partial charge in [0.2, 0.25) is 5.91 Å². The van der Waals surface area contributed by atoms with Gasteiger partial charge < -0.3 is 10.1 Å². The van der Waals surface area contributed by atoms with Gasteiger partial charge in [-0.25, -0.2) is 13.6 Å². The number of ether oxygens (including phenoxy) is 1. The van der Waals surface area contributed by atoms with E-state index in [1.807, 2.05) is 6.07 Å². The molecule has 0 saturated heterocycles. The minimum atomic E-state index is -1.05. The molecule has 0 bridgehead atoms. The van der Waals surface area contributed by atoms with Crippen LogP contribution in [0.5, 0.6) is 0 Å². The first-order valence-electron chi connectivity index (χ1n) is 6.16. The second kappa shape index (κ2) is 7.94. The maximum atomic E-state index is 13.0. The number of halogens is 2. The minimum Gasteiger partial charge on any atom is -0.467 e. The molecule has 7 heteroatoms. The Hall–Kier alpha value is -2.49. The summed E-state index contributed by atoms with van der Waals surface area (Å²) in [7, 11) is 1.17. The van der Waals surface area contributed by atoms with Crippen molar-refractivity contribution in [1.29, 1.82) is 5.26 Å². The van der Waals surface area contributed by atoms with E-state index in [4.69, 9.17) is 5.26 Å².